The maximum Gasteiger partial charge on any atom is 0.292 e. The monoisotopic (exact) mass is 413 g/mol. The number of aliphatic hydroxyl groups excluding tert-OH is 1. The Labute approximate surface area is 175 Å². The van der Waals surface area contributed by atoms with Gasteiger partial charge in [0.25, 0.3) is 5.69 Å². The summed E-state index contributed by atoms with van der Waals surface area (Å²) in [6.07, 6.45) is 0.349. The van der Waals surface area contributed by atoms with Gasteiger partial charge in [0.1, 0.15) is 23.1 Å². The molecule has 3 rings (SSSR count). The summed E-state index contributed by atoms with van der Waals surface area (Å²) in [6.45, 7) is 6.09. The lowest BCUT2D eigenvalue weighted by Gasteiger charge is -2.24. The van der Waals surface area contributed by atoms with E-state index in [0.717, 1.165) is 11.3 Å². The highest BCUT2D eigenvalue weighted by atomic mass is 16.6. The van der Waals surface area contributed by atoms with Crippen LogP contribution in [0, 0.1) is 10.1 Å². The minimum Gasteiger partial charge on any atom is -0.488 e. The van der Waals surface area contributed by atoms with E-state index in [1.165, 1.54) is 11.0 Å². The first-order valence-electron chi connectivity index (χ1n) is 9.88. The fourth-order valence-corrected chi connectivity index (χ4v) is 3.51. The van der Waals surface area contributed by atoms with Crippen LogP contribution in [0.5, 0.6) is 5.75 Å². The van der Waals surface area contributed by atoms with E-state index in [9.17, 15) is 20.0 Å². The van der Waals surface area contributed by atoms with Crippen molar-refractivity contribution in [1.82, 2.24) is 4.90 Å². The number of nitrogens with zero attached hydrogens (tertiary/aromatic N) is 2. The lowest BCUT2D eigenvalue weighted by atomic mass is 10.0. The summed E-state index contributed by atoms with van der Waals surface area (Å²) < 4.78 is 5.83. The van der Waals surface area contributed by atoms with Crippen molar-refractivity contribution in [3.8, 4) is 5.75 Å². The first-order valence-corrected chi connectivity index (χ1v) is 9.88. The van der Waals surface area contributed by atoms with Gasteiger partial charge in [-0.1, -0.05) is 24.3 Å². The third-order valence-electron chi connectivity index (χ3n) is 4.77. The smallest absolute Gasteiger partial charge is 0.292 e. The molecule has 2 aromatic carbocycles. The van der Waals surface area contributed by atoms with Gasteiger partial charge in [-0.05, 0) is 38.5 Å². The summed E-state index contributed by atoms with van der Waals surface area (Å²) in [7, 11) is 0. The quantitative estimate of drug-likeness (QED) is 0.557. The second-order valence-corrected chi connectivity index (χ2v) is 8.31. The molecule has 1 aliphatic rings. The predicted molar refractivity (Wildman–Crippen MR) is 114 cm³/mol. The second-order valence-electron chi connectivity index (χ2n) is 8.31. The molecular weight excluding hydrogens is 386 g/mol. The molecule has 0 saturated carbocycles. The number of benzene rings is 2. The maximum atomic E-state index is 13.1. The van der Waals surface area contributed by atoms with Crippen molar-refractivity contribution >= 4 is 17.3 Å². The highest BCUT2D eigenvalue weighted by Gasteiger charge is 2.32. The number of para-hydroxylation sites is 1. The minimum atomic E-state index is -0.687. The van der Waals surface area contributed by atoms with Crippen molar-refractivity contribution in [1.29, 1.82) is 0 Å². The number of anilines is 1. The number of amides is 1. The molecule has 1 atom stereocenters. The number of fused-ring (bicyclic) bond motifs is 1. The van der Waals surface area contributed by atoms with Gasteiger partial charge in [-0.15, -0.1) is 0 Å². The van der Waals surface area contributed by atoms with Gasteiger partial charge in [0.05, 0.1) is 11.5 Å². The number of ether oxygens (including phenoxy) is 1. The summed E-state index contributed by atoms with van der Waals surface area (Å²) in [4.78, 5) is 25.7. The van der Waals surface area contributed by atoms with Crippen LogP contribution in [0.25, 0.3) is 0 Å². The molecule has 30 heavy (non-hydrogen) atoms. The van der Waals surface area contributed by atoms with E-state index in [0.29, 0.717) is 17.7 Å². The van der Waals surface area contributed by atoms with E-state index in [-0.39, 0.29) is 36.9 Å². The molecule has 160 valence electrons. The van der Waals surface area contributed by atoms with Crippen LogP contribution in [-0.2, 0) is 17.8 Å². The topological polar surface area (TPSA) is 105 Å². The zero-order valence-electron chi connectivity index (χ0n) is 17.4. The largest absolute Gasteiger partial charge is 0.488 e. The Morgan fingerprint density at radius 3 is 2.53 bits per heavy atom. The molecule has 0 spiro atoms. The lowest BCUT2D eigenvalue weighted by Crippen LogP contribution is -2.42. The lowest BCUT2D eigenvalue weighted by molar-refractivity contribution is -0.384. The van der Waals surface area contributed by atoms with Crippen LogP contribution in [-0.4, -0.2) is 45.6 Å². The Hall–Kier alpha value is -3.13. The average Bonchev–Trinajstić information content (AvgIpc) is 2.79. The highest BCUT2D eigenvalue weighted by Crippen LogP contribution is 2.33. The molecule has 0 bridgehead atoms. The van der Waals surface area contributed by atoms with E-state index in [4.69, 9.17) is 4.74 Å². The number of rotatable bonds is 6. The Bertz CT molecular complexity index is 921. The average molecular weight is 413 g/mol. The summed E-state index contributed by atoms with van der Waals surface area (Å²) in [5.41, 5.74) is 1.53. The molecule has 0 saturated heterocycles. The Kier molecular flexibility index (Phi) is 6.26. The molecule has 1 heterocycles. The van der Waals surface area contributed by atoms with Crippen molar-refractivity contribution in [2.24, 2.45) is 0 Å². The first kappa shape index (κ1) is 21.6. The molecule has 0 unspecified atom stereocenters. The second kappa shape index (κ2) is 8.71. The van der Waals surface area contributed by atoms with Gasteiger partial charge >= 0.3 is 0 Å². The predicted octanol–water partition coefficient (Wildman–Crippen LogP) is 3.13. The SMILES string of the molecule is CC(C)(C)Oc1ccc(C[C@@H]2Nc3c(cccc3[N+](=O)[O-])CN(CCO)C2=O)cc1. The first-order chi connectivity index (χ1) is 14.2. The van der Waals surface area contributed by atoms with Crippen LogP contribution in [0.2, 0.25) is 0 Å². The molecule has 0 aliphatic carbocycles. The van der Waals surface area contributed by atoms with E-state index in [2.05, 4.69) is 5.32 Å². The fraction of sp³-hybridized carbons (Fsp3) is 0.409. The number of β-amino-alcohol motifs (C(OH)–C–C–N with tert-alkyl or cyclic N) is 1. The van der Waals surface area contributed by atoms with Gasteiger partial charge in [0.15, 0.2) is 0 Å². The van der Waals surface area contributed by atoms with Gasteiger partial charge in [-0.3, -0.25) is 14.9 Å². The number of carbonyl (C=O) groups is 1. The Morgan fingerprint density at radius 1 is 1.23 bits per heavy atom. The molecule has 0 radical (unpaired) electrons. The van der Waals surface area contributed by atoms with Crippen LogP contribution in [0.15, 0.2) is 42.5 Å². The molecule has 0 fully saturated rings. The third-order valence-corrected chi connectivity index (χ3v) is 4.77. The summed E-state index contributed by atoms with van der Waals surface area (Å²) in [5.74, 6) is 0.527. The normalized spacial score (nSPS) is 16.5. The van der Waals surface area contributed by atoms with Crippen molar-refractivity contribution in [2.75, 3.05) is 18.5 Å². The van der Waals surface area contributed by atoms with Gasteiger partial charge in [-0.25, -0.2) is 0 Å². The zero-order valence-corrected chi connectivity index (χ0v) is 17.4. The van der Waals surface area contributed by atoms with Gasteiger partial charge in [-0.2, -0.15) is 0 Å². The van der Waals surface area contributed by atoms with Crippen molar-refractivity contribution in [3.05, 3.63) is 63.7 Å². The number of nitrogens with one attached hydrogen (secondary N) is 1. The van der Waals surface area contributed by atoms with E-state index >= 15 is 0 Å². The number of hydrogen-bond donors (Lipinski definition) is 2. The van der Waals surface area contributed by atoms with Gasteiger partial charge in [0, 0.05) is 31.1 Å². The fourth-order valence-electron chi connectivity index (χ4n) is 3.51. The third kappa shape index (κ3) is 5.07. The van der Waals surface area contributed by atoms with Gasteiger partial charge in [0.2, 0.25) is 5.91 Å². The maximum absolute atomic E-state index is 13.1. The molecule has 0 aromatic heterocycles. The van der Waals surface area contributed by atoms with E-state index < -0.39 is 11.0 Å². The Balaban J connectivity index is 1.89. The Morgan fingerprint density at radius 2 is 1.93 bits per heavy atom. The van der Waals surface area contributed by atoms with Crippen LogP contribution in [0.3, 0.4) is 0 Å². The van der Waals surface area contributed by atoms with Crippen LogP contribution >= 0.6 is 0 Å². The molecule has 2 N–H and O–H groups in total. The summed E-state index contributed by atoms with van der Waals surface area (Å²) >= 11 is 0. The van der Waals surface area contributed by atoms with Crippen LogP contribution < -0.4 is 10.1 Å². The zero-order chi connectivity index (χ0) is 21.9. The molecule has 2 aromatic rings. The molecule has 1 amide bonds. The standard InChI is InChI=1S/C22H27N3O5/c1-22(2,3)30-17-9-7-15(8-10-17)13-18-21(27)24(11-12-26)14-16-5-4-6-19(25(28)29)20(16)23-18/h4-10,18,23,26H,11-14H2,1-3H3/t18-/m0/s1. The van der Waals surface area contributed by atoms with E-state index in [1.807, 2.05) is 45.0 Å². The number of nitro benzene ring substituents is 1. The number of aliphatic hydroxyl groups is 1. The summed E-state index contributed by atoms with van der Waals surface area (Å²) in [5, 5.41) is 24.0. The van der Waals surface area contributed by atoms with Crippen molar-refractivity contribution in [2.45, 2.75) is 45.4 Å². The number of carbonyl (C=O) groups excluding carboxylic acids is 1. The summed E-state index contributed by atoms with van der Waals surface area (Å²) in [6, 6.07) is 11.6. The highest BCUT2D eigenvalue weighted by molar-refractivity contribution is 5.88. The van der Waals surface area contributed by atoms with Crippen LogP contribution in [0.1, 0.15) is 31.9 Å². The van der Waals surface area contributed by atoms with E-state index in [1.54, 1.807) is 12.1 Å². The van der Waals surface area contributed by atoms with Crippen molar-refractivity contribution < 1.29 is 19.6 Å². The van der Waals surface area contributed by atoms with Crippen molar-refractivity contribution in [3.63, 3.8) is 0 Å². The van der Waals surface area contributed by atoms with Crippen LogP contribution in [0.4, 0.5) is 11.4 Å². The minimum absolute atomic E-state index is 0.0647. The van der Waals surface area contributed by atoms with Gasteiger partial charge < -0.3 is 20.1 Å². The number of nitro groups is 1. The number of hydrogen-bond acceptors (Lipinski definition) is 6. The molecule has 8 heteroatoms. The molecule has 1 aliphatic heterocycles. The molecular formula is C22H27N3O5. The molecule has 8 nitrogen and oxygen atoms in total.